The number of aryl methyl sites for hydroxylation is 2. The Kier molecular flexibility index (Phi) is 7.20. The zero-order chi connectivity index (χ0) is 20.9. The van der Waals surface area contributed by atoms with E-state index in [0.29, 0.717) is 37.1 Å². The second kappa shape index (κ2) is 9.20. The quantitative estimate of drug-likeness (QED) is 0.486. The van der Waals surface area contributed by atoms with Crippen molar-refractivity contribution in [2.24, 2.45) is 7.05 Å². The number of ether oxygens (including phenoxy) is 1. The third-order valence-electron chi connectivity index (χ3n) is 3.94. The molecule has 10 heteroatoms. The van der Waals surface area contributed by atoms with Crippen LogP contribution in [0.1, 0.15) is 53.2 Å². The number of halogens is 1. The van der Waals surface area contributed by atoms with E-state index in [1.54, 1.807) is 7.05 Å². The first kappa shape index (κ1) is 21.9. The monoisotopic (exact) mass is 427 g/mol. The van der Waals surface area contributed by atoms with Crippen LogP contribution < -0.4 is 10.1 Å². The SMILES string of the molecule is CCCOc1ccc(S(=O)(=O)Cl)cc1C(=O)Nc1c(CCC)nn(C)c1C=O. The van der Waals surface area contributed by atoms with E-state index in [1.165, 1.54) is 16.8 Å². The first-order valence-electron chi connectivity index (χ1n) is 8.76. The van der Waals surface area contributed by atoms with Crippen LogP contribution in [0.25, 0.3) is 0 Å². The van der Waals surface area contributed by atoms with Gasteiger partial charge in [-0.1, -0.05) is 20.3 Å². The van der Waals surface area contributed by atoms with E-state index in [0.717, 1.165) is 12.5 Å². The van der Waals surface area contributed by atoms with Gasteiger partial charge < -0.3 is 10.1 Å². The normalized spacial score (nSPS) is 11.3. The predicted octanol–water partition coefficient (Wildman–Crippen LogP) is 3.15. The lowest BCUT2D eigenvalue weighted by Crippen LogP contribution is -2.16. The number of aldehydes is 1. The molecule has 8 nitrogen and oxygen atoms in total. The highest BCUT2D eigenvalue weighted by atomic mass is 35.7. The molecule has 1 heterocycles. The Hall–Kier alpha value is -2.39. The molecule has 0 unspecified atom stereocenters. The summed E-state index contributed by atoms with van der Waals surface area (Å²) in [5.41, 5.74) is 1.08. The summed E-state index contributed by atoms with van der Waals surface area (Å²) in [6.45, 7) is 4.20. The minimum Gasteiger partial charge on any atom is -0.493 e. The maximum absolute atomic E-state index is 12.9. The number of carbonyl (C=O) groups excluding carboxylic acids is 2. The Morgan fingerprint density at radius 1 is 1.32 bits per heavy atom. The molecule has 2 rings (SSSR count). The number of amides is 1. The number of hydrogen-bond donors (Lipinski definition) is 1. The highest BCUT2D eigenvalue weighted by Crippen LogP contribution is 2.27. The molecule has 0 saturated carbocycles. The second-order valence-electron chi connectivity index (χ2n) is 6.10. The zero-order valence-corrected chi connectivity index (χ0v) is 17.4. The number of rotatable bonds is 9. The fourth-order valence-corrected chi connectivity index (χ4v) is 3.41. The molecule has 1 aromatic heterocycles. The second-order valence-corrected chi connectivity index (χ2v) is 8.66. The first-order valence-corrected chi connectivity index (χ1v) is 11.1. The minimum atomic E-state index is -4.03. The van der Waals surface area contributed by atoms with Gasteiger partial charge in [0.2, 0.25) is 0 Å². The molecule has 0 fully saturated rings. The molecule has 0 bridgehead atoms. The van der Waals surface area contributed by atoms with Gasteiger partial charge >= 0.3 is 0 Å². The third-order valence-corrected chi connectivity index (χ3v) is 5.29. The predicted molar refractivity (Wildman–Crippen MR) is 106 cm³/mol. The van der Waals surface area contributed by atoms with Crippen LogP contribution in [0.15, 0.2) is 23.1 Å². The average Bonchev–Trinajstić information content (AvgIpc) is 2.93. The summed E-state index contributed by atoms with van der Waals surface area (Å²) in [4.78, 5) is 24.1. The van der Waals surface area contributed by atoms with Gasteiger partial charge in [0.05, 0.1) is 28.4 Å². The van der Waals surface area contributed by atoms with Gasteiger partial charge in [-0.25, -0.2) is 8.42 Å². The van der Waals surface area contributed by atoms with Crippen molar-refractivity contribution in [3.05, 3.63) is 35.2 Å². The van der Waals surface area contributed by atoms with E-state index in [9.17, 15) is 18.0 Å². The van der Waals surface area contributed by atoms with Gasteiger partial charge in [-0.15, -0.1) is 0 Å². The number of nitrogens with zero attached hydrogens (tertiary/aromatic N) is 2. The van der Waals surface area contributed by atoms with Gasteiger partial charge in [0.1, 0.15) is 11.4 Å². The van der Waals surface area contributed by atoms with E-state index in [-0.39, 0.29) is 21.9 Å². The molecule has 1 amide bonds. The van der Waals surface area contributed by atoms with E-state index >= 15 is 0 Å². The number of nitrogens with one attached hydrogen (secondary N) is 1. The number of anilines is 1. The molecule has 2 aromatic rings. The smallest absolute Gasteiger partial charge is 0.261 e. The van der Waals surface area contributed by atoms with Crippen molar-refractivity contribution in [3.63, 3.8) is 0 Å². The van der Waals surface area contributed by atoms with Crippen molar-refractivity contribution in [2.45, 2.75) is 38.0 Å². The van der Waals surface area contributed by atoms with Crippen LogP contribution in [0.5, 0.6) is 5.75 Å². The van der Waals surface area contributed by atoms with Gasteiger partial charge in [0, 0.05) is 17.7 Å². The number of benzene rings is 1. The van der Waals surface area contributed by atoms with Crippen molar-refractivity contribution >= 4 is 37.6 Å². The lowest BCUT2D eigenvalue weighted by atomic mass is 10.1. The van der Waals surface area contributed by atoms with E-state index in [2.05, 4.69) is 10.4 Å². The average molecular weight is 428 g/mol. The van der Waals surface area contributed by atoms with Crippen LogP contribution in [0.3, 0.4) is 0 Å². The fourth-order valence-electron chi connectivity index (χ4n) is 2.63. The standard InChI is InChI=1S/C18H22ClN3O5S/c1-4-6-14-17(15(11-23)22(3)21-14)20-18(24)13-10-12(28(19,25)26)7-8-16(13)27-9-5-2/h7-8,10-11H,4-6,9H2,1-3H3,(H,20,24). The summed E-state index contributed by atoms with van der Waals surface area (Å²) in [5.74, 6) is -0.404. The Labute approximate surface area is 168 Å². The van der Waals surface area contributed by atoms with Gasteiger partial charge in [-0.3, -0.25) is 14.3 Å². The molecule has 28 heavy (non-hydrogen) atoms. The molecule has 0 spiro atoms. The maximum atomic E-state index is 12.9. The molecule has 1 aromatic carbocycles. The van der Waals surface area contributed by atoms with Crippen LogP contribution in [0.4, 0.5) is 5.69 Å². The Morgan fingerprint density at radius 3 is 2.61 bits per heavy atom. The summed E-state index contributed by atoms with van der Waals surface area (Å²) >= 11 is 0. The summed E-state index contributed by atoms with van der Waals surface area (Å²) in [6, 6.07) is 3.81. The van der Waals surface area contributed by atoms with Crippen molar-refractivity contribution in [3.8, 4) is 5.75 Å². The molecule has 0 radical (unpaired) electrons. The molecule has 0 atom stereocenters. The molecular formula is C18H22ClN3O5S. The highest BCUT2D eigenvalue weighted by Gasteiger charge is 2.22. The summed E-state index contributed by atoms with van der Waals surface area (Å²) in [7, 11) is 2.99. The molecular weight excluding hydrogens is 406 g/mol. The minimum absolute atomic E-state index is 0.00155. The number of hydrogen-bond acceptors (Lipinski definition) is 6. The van der Waals surface area contributed by atoms with E-state index in [1.807, 2.05) is 13.8 Å². The van der Waals surface area contributed by atoms with Crippen LogP contribution in [-0.2, 0) is 22.5 Å². The third kappa shape index (κ3) is 4.90. The molecule has 0 aliphatic heterocycles. The van der Waals surface area contributed by atoms with Gasteiger partial charge in [-0.05, 0) is 31.0 Å². The molecule has 0 aliphatic rings. The largest absolute Gasteiger partial charge is 0.493 e. The van der Waals surface area contributed by atoms with Gasteiger partial charge in [-0.2, -0.15) is 5.10 Å². The van der Waals surface area contributed by atoms with Crippen molar-refractivity contribution in [2.75, 3.05) is 11.9 Å². The first-order chi connectivity index (χ1) is 13.2. The Bertz CT molecular complexity index is 985. The lowest BCUT2D eigenvalue weighted by Gasteiger charge is -2.13. The van der Waals surface area contributed by atoms with Crippen molar-refractivity contribution < 1.29 is 22.7 Å². The molecule has 0 aliphatic carbocycles. The summed E-state index contributed by atoms with van der Waals surface area (Å²) in [5, 5.41) is 6.95. The number of carbonyl (C=O) groups is 2. The van der Waals surface area contributed by atoms with Gasteiger partial charge in [0.15, 0.2) is 6.29 Å². The van der Waals surface area contributed by atoms with Crippen molar-refractivity contribution in [1.29, 1.82) is 0 Å². The van der Waals surface area contributed by atoms with Crippen molar-refractivity contribution in [1.82, 2.24) is 9.78 Å². The van der Waals surface area contributed by atoms with Crippen LogP contribution >= 0.6 is 10.7 Å². The molecule has 0 saturated heterocycles. The van der Waals surface area contributed by atoms with Crippen LogP contribution in [0, 0.1) is 0 Å². The maximum Gasteiger partial charge on any atom is 0.261 e. The summed E-state index contributed by atoms with van der Waals surface area (Å²) in [6.07, 6.45) is 2.64. The topological polar surface area (TPSA) is 107 Å². The highest BCUT2D eigenvalue weighted by molar-refractivity contribution is 8.13. The van der Waals surface area contributed by atoms with E-state index < -0.39 is 15.0 Å². The Morgan fingerprint density at radius 2 is 2.04 bits per heavy atom. The zero-order valence-electron chi connectivity index (χ0n) is 15.9. The van der Waals surface area contributed by atoms with E-state index in [4.69, 9.17) is 15.4 Å². The number of aromatic nitrogens is 2. The summed E-state index contributed by atoms with van der Waals surface area (Å²) < 4.78 is 30.3. The van der Waals surface area contributed by atoms with Crippen LogP contribution in [-0.4, -0.2) is 37.0 Å². The van der Waals surface area contributed by atoms with Crippen LogP contribution in [0.2, 0.25) is 0 Å². The fraction of sp³-hybridized carbons (Fsp3) is 0.389. The molecule has 1 N–H and O–H groups in total. The molecule has 152 valence electrons. The Balaban J connectivity index is 2.49. The lowest BCUT2D eigenvalue weighted by molar-refractivity contribution is 0.102. The van der Waals surface area contributed by atoms with Gasteiger partial charge in [0.25, 0.3) is 15.0 Å².